The summed E-state index contributed by atoms with van der Waals surface area (Å²) in [5, 5.41) is 0. The molecule has 5 atom stereocenters. The lowest BCUT2D eigenvalue weighted by Crippen LogP contribution is -2.64. The Bertz CT molecular complexity index is 932. The lowest BCUT2D eigenvalue weighted by molar-refractivity contribution is -0.947. The molecule has 2 heterocycles. The van der Waals surface area contributed by atoms with Gasteiger partial charge in [-0.25, -0.2) is 8.78 Å². The third-order valence-electron chi connectivity index (χ3n) is 7.44. The van der Waals surface area contributed by atoms with E-state index < -0.39 is 12.0 Å². The van der Waals surface area contributed by atoms with Crippen molar-refractivity contribution in [1.82, 2.24) is 0 Å². The van der Waals surface area contributed by atoms with Gasteiger partial charge in [0, 0.05) is 19.3 Å². The molecule has 0 amide bonds. The number of esters is 1. The van der Waals surface area contributed by atoms with Crippen molar-refractivity contribution in [3.05, 3.63) is 83.9 Å². The Morgan fingerprint density at radius 3 is 2.18 bits per heavy atom. The van der Waals surface area contributed by atoms with Crippen LogP contribution in [0.2, 0.25) is 0 Å². The normalized spacial score (nSPS) is 28.6. The van der Waals surface area contributed by atoms with E-state index in [1.54, 1.807) is 24.3 Å². The third kappa shape index (κ3) is 4.59. The summed E-state index contributed by atoms with van der Waals surface area (Å²) in [4.78, 5) is 13.2. The molecule has 2 fully saturated rings. The highest BCUT2D eigenvalue weighted by molar-refractivity contribution is 5.74. The number of hydrogen-bond acceptors (Lipinski definition) is 3. The smallest absolute Gasteiger partial charge is 0.317 e. The average molecular weight is 457 g/mol. The summed E-state index contributed by atoms with van der Waals surface area (Å²) >= 11 is 0. The number of carbonyl (C=O) groups excluding carboxylic acids is 1. The second-order valence-corrected chi connectivity index (χ2v) is 9.29. The Labute approximate surface area is 194 Å². The lowest BCUT2D eigenvalue weighted by atomic mass is 9.84. The van der Waals surface area contributed by atoms with E-state index in [0.29, 0.717) is 19.1 Å². The molecule has 2 aromatic carbocycles. The van der Waals surface area contributed by atoms with E-state index in [9.17, 15) is 13.6 Å². The quantitative estimate of drug-likeness (QED) is 0.312. The maximum Gasteiger partial charge on any atom is 0.317 e. The zero-order valence-corrected chi connectivity index (χ0v) is 19.3. The van der Waals surface area contributed by atoms with Crippen molar-refractivity contribution < 1.29 is 27.5 Å². The number of piperidine rings is 1. The van der Waals surface area contributed by atoms with Crippen LogP contribution in [0.15, 0.2) is 61.2 Å². The summed E-state index contributed by atoms with van der Waals surface area (Å²) in [5.41, 5.74) is 1.51. The van der Waals surface area contributed by atoms with E-state index >= 15 is 0 Å². The molecule has 33 heavy (non-hydrogen) atoms. The first-order chi connectivity index (χ1) is 15.9. The molecule has 4 rings (SSSR count). The summed E-state index contributed by atoms with van der Waals surface area (Å²) in [6.07, 6.45) is 3.66. The molecule has 0 aliphatic carbocycles. The zero-order chi connectivity index (χ0) is 23.6. The van der Waals surface area contributed by atoms with E-state index in [0.717, 1.165) is 35.0 Å². The Balaban J connectivity index is 1.70. The van der Waals surface area contributed by atoms with Crippen molar-refractivity contribution in [2.75, 3.05) is 20.2 Å². The van der Waals surface area contributed by atoms with Gasteiger partial charge in [0.1, 0.15) is 29.7 Å². The monoisotopic (exact) mass is 456 g/mol. The van der Waals surface area contributed by atoms with Crippen LogP contribution in [0, 0.1) is 17.6 Å². The molecule has 0 radical (unpaired) electrons. The van der Waals surface area contributed by atoms with Crippen LogP contribution >= 0.6 is 0 Å². The van der Waals surface area contributed by atoms with Crippen LogP contribution in [0.4, 0.5) is 8.78 Å². The molecule has 0 saturated carbocycles. The first kappa shape index (κ1) is 23.6. The van der Waals surface area contributed by atoms with Crippen molar-refractivity contribution in [2.24, 2.45) is 5.92 Å². The molecule has 2 aliphatic heterocycles. The van der Waals surface area contributed by atoms with E-state index in [-0.39, 0.29) is 29.7 Å². The largest absolute Gasteiger partial charge is 0.466 e. The number of carbonyl (C=O) groups is 1. The van der Waals surface area contributed by atoms with Gasteiger partial charge in [-0.2, -0.15) is 0 Å². The molecule has 176 valence electrons. The predicted octanol–water partition coefficient (Wildman–Crippen LogP) is 5.19. The van der Waals surface area contributed by atoms with Gasteiger partial charge in [0.25, 0.3) is 0 Å². The van der Waals surface area contributed by atoms with Crippen molar-refractivity contribution in [3.63, 3.8) is 0 Å². The fraction of sp³-hybridized carbons (Fsp3) is 0.444. The summed E-state index contributed by atoms with van der Waals surface area (Å²) in [6.45, 7) is 6.85. The number of halogens is 2. The molecule has 0 spiro atoms. The summed E-state index contributed by atoms with van der Waals surface area (Å²) in [5.74, 6) is -1.33. The molecule has 2 saturated heterocycles. The standard InChI is InChI=1S/C27H32F2NO3/c1-4-16-30(3)22-14-15-23(30)25(27(31)32-5-2)24(17-22)33-26(18-6-10-20(28)11-7-18)19-8-12-21(29)13-9-19/h4,6-13,22-26H,1,5,14-17H2,2-3H3/q+1/t22?,23?,24-,25-,30-/m1/s1. The molecular weight excluding hydrogens is 424 g/mol. The van der Waals surface area contributed by atoms with Crippen LogP contribution in [0.5, 0.6) is 0 Å². The van der Waals surface area contributed by atoms with Gasteiger partial charge in [0.15, 0.2) is 0 Å². The van der Waals surface area contributed by atoms with Crippen molar-refractivity contribution in [2.45, 2.75) is 50.5 Å². The maximum absolute atomic E-state index is 13.6. The number of fused-ring (bicyclic) bond motifs is 2. The van der Waals surface area contributed by atoms with Crippen LogP contribution < -0.4 is 0 Å². The predicted molar refractivity (Wildman–Crippen MR) is 122 cm³/mol. The Morgan fingerprint density at radius 2 is 1.67 bits per heavy atom. The van der Waals surface area contributed by atoms with Gasteiger partial charge in [0.2, 0.25) is 0 Å². The minimum Gasteiger partial charge on any atom is -0.466 e. The fourth-order valence-corrected chi connectivity index (χ4v) is 5.84. The number of ether oxygens (including phenoxy) is 2. The van der Waals surface area contributed by atoms with Crippen LogP contribution in [0.25, 0.3) is 0 Å². The van der Waals surface area contributed by atoms with Gasteiger partial charge in [-0.3, -0.25) is 4.79 Å². The molecule has 6 heteroatoms. The van der Waals surface area contributed by atoms with Crippen LogP contribution in [-0.4, -0.2) is 48.8 Å². The van der Waals surface area contributed by atoms with Crippen molar-refractivity contribution in [3.8, 4) is 0 Å². The minimum atomic E-state index is -0.552. The van der Waals surface area contributed by atoms with Gasteiger partial charge in [-0.15, -0.1) is 0 Å². The summed E-state index contributed by atoms with van der Waals surface area (Å²) in [7, 11) is 2.20. The van der Waals surface area contributed by atoms with Crippen LogP contribution in [-0.2, 0) is 14.3 Å². The highest BCUT2D eigenvalue weighted by Crippen LogP contribution is 2.47. The average Bonchev–Trinajstić information content (AvgIpc) is 2.97. The number of hydrogen-bond donors (Lipinski definition) is 0. The van der Waals surface area contributed by atoms with Gasteiger partial charge in [0.05, 0.1) is 32.3 Å². The van der Waals surface area contributed by atoms with Crippen molar-refractivity contribution in [1.29, 1.82) is 0 Å². The minimum absolute atomic E-state index is 0.0767. The topological polar surface area (TPSA) is 35.5 Å². The summed E-state index contributed by atoms with van der Waals surface area (Å²) < 4.78 is 40.2. The SMILES string of the molecule is C=CC[N@+]1(C)C2CCC1[C@@H](C(=O)OCC)[C@H](OC(c1ccc(F)cc1)c1ccc(F)cc1)C2. The molecule has 2 bridgehead atoms. The first-order valence-electron chi connectivity index (χ1n) is 11.7. The van der Waals surface area contributed by atoms with Crippen molar-refractivity contribution >= 4 is 5.97 Å². The fourth-order valence-electron chi connectivity index (χ4n) is 5.84. The Kier molecular flexibility index (Phi) is 6.96. The Hall–Kier alpha value is -2.57. The van der Waals surface area contributed by atoms with E-state index in [4.69, 9.17) is 9.47 Å². The Morgan fingerprint density at radius 1 is 1.09 bits per heavy atom. The van der Waals surface area contributed by atoms with Crippen LogP contribution in [0.1, 0.15) is 43.4 Å². The van der Waals surface area contributed by atoms with Gasteiger partial charge < -0.3 is 14.0 Å². The van der Waals surface area contributed by atoms with Crippen LogP contribution in [0.3, 0.4) is 0 Å². The molecule has 0 aromatic heterocycles. The molecule has 4 nitrogen and oxygen atoms in total. The molecular formula is C27H32F2NO3+. The van der Waals surface area contributed by atoms with E-state index in [1.807, 2.05) is 13.0 Å². The second-order valence-electron chi connectivity index (χ2n) is 9.29. The van der Waals surface area contributed by atoms with Gasteiger partial charge >= 0.3 is 5.97 Å². The molecule has 2 unspecified atom stereocenters. The van der Waals surface area contributed by atoms with Gasteiger partial charge in [-0.05, 0) is 48.4 Å². The number of benzene rings is 2. The van der Waals surface area contributed by atoms with E-state index in [1.165, 1.54) is 24.3 Å². The molecule has 2 aliphatic rings. The summed E-state index contributed by atoms with van der Waals surface area (Å²) in [6, 6.07) is 12.7. The second kappa shape index (κ2) is 9.74. The highest BCUT2D eigenvalue weighted by atomic mass is 19.1. The first-order valence-corrected chi connectivity index (χ1v) is 11.7. The number of quaternary nitrogens is 1. The number of likely N-dealkylation sites (N-methyl/N-ethyl adjacent to an activating group) is 1. The molecule has 2 aromatic rings. The third-order valence-corrected chi connectivity index (χ3v) is 7.44. The van der Waals surface area contributed by atoms with Gasteiger partial charge in [-0.1, -0.05) is 30.8 Å². The lowest BCUT2D eigenvalue weighted by Gasteiger charge is -2.50. The highest BCUT2D eigenvalue weighted by Gasteiger charge is 2.59. The number of rotatable bonds is 8. The van der Waals surface area contributed by atoms with E-state index in [2.05, 4.69) is 13.6 Å². The number of nitrogens with zero attached hydrogens (tertiary/aromatic N) is 1. The molecule has 0 N–H and O–H groups in total. The zero-order valence-electron chi connectivity index (χ0n) is 19.3. The maximum atomic E-state index is 13.6.